The van der Waals surface area contributed by atoms with Crippen LogP contribution in [0.15, 0.2) is 60.8 Å². The highest BCUT2D eigenvalue weighted by Gasteiger charge is 2.26. The van der Waals surface area contributed by atoms with Crippen molar-refractivity contribution in [2.45, 2.75) is 19.4 Å². The summed E-state index contributed by atoms with van der Waals surface area (Å²) in [6, 6.07) is 16.7. The normalized spacial score (nSPS) is 14.5. The molecular formula is C25H28ClN5O3. The van der Waals surface area contributed by atoms with E-state index in [1.165, 1.54) is 0 Å². The van der Waals surface area contributed by atoms with Crippen LogP contribution in [0.4, 0.5) is 11.5 Å². The molecule has 0 spiro atoms. The fraction of sp³-hybridized carbons (Fsp3) is 0.320. The predicted octanol–water partition coefficient (Wildman–Crippen LogP) is 3.88. The van der Waals surface area contributed by atoms with Gasteiger partial charge in [-0.2, -0.15) is 5.10 Å². The zero-order chi connectivity index (χ0) is 23.9. The van der Waals surface area contributed by atoms with E-state index in [0.29, 0.717) is 54.8 Å². The highest BCUT2D eigenvalue weighted by atomic mass is 35.5. The molecule has 2 heterocycles. The van der Waals surface area contributed by atoms with Gasteiger partial charge in [-0.1, -0.05) is 41.9 Å². The lowest BCUT2D eigenvalue weighted by Gasteiger charge is -2.30. The van der Waals surface area contributed by atoms with Crippen molar-refractivity contribution in [2.75, 3.05) is 37.4 Å². The summed E-state index contributed by atoms with van der Waals surface area (Å²) in [6.07, 6.45) is 3.04. The third-order valence-corrected chi connectivity index (χ3v) is 6.32. The molecule has 0 radical (unpaired) electrons. The Labute approximate surface area is 203 Å². The van der Waals surface area contributed by atoms with Crippen LogP contribution in [0.3, 0.4) is 0 Å². The third-order valence-electron chi connectivity index (χ3n) is 5.95. The van der Waals surface area contributed by atoms with Crippen LogP contribution >= 0.6 is 11.6 Å². The molecule has 9 heteroatoms. The number of carbonyl (C=O) groups excluding carboxylic acids is 2. The van der Waals surface area contributed by atoms with Crippen molar-refractivity contribution in [3.8, 4) is 5.75 Å². The molecule has 2 N–H and O–H groups in total. The molecule has 1 aromatic heterocycles. The first-order chi connectivity index (χ1) is 16.5. The Morgan fingerprint density at radius 2 is 1.79 bits per heavy atom. The van der Waals surface area contributed by atoms with Crippen LogP contribution < -0.4 is 15.4 Å². The molecule has 2 amide bonds. The summed E-state index contributed by atoms with van der Waals surface area (Å²) >= 11 is 6.25. The molecule has 4 rings (SSSR count). The number of rotatable bonds is 8. The molecule has 34 heavy (non-hydrogen) atoms. The number of halogens is 1. The average Bonchev–Trinajstić information content (AvgIpc) is 3.27. The Balaban J connectivity index is 1.26. The zero-order valence-electron chi connectivity index (χ0n) is 19.0. The molecule has 0 saturated carbocycles. The molecule has 0 bridgehead atoms. The summed E-state index contributed by atoms with van der Waals surface area (Å²) in [6.45, 7) is 2.08. The molecule has 1 fully saturated rings. The summed E-state index contributed by atoms with van der Waals surface area (Å²) in [4.78, 5) is 27.4. The quantitative estimate of drug-likeness (QED) is 0.509. The second-order valence-corrected chi connectivity index (χ2v) is 8.66. The SMILES string of the molecule is COc1ccccc1NC(=O)C1CCN(CC(=O)Nc2ccnn2Cc2ccccc2Cl)CC1. The lowest BCUT2D eigenvalue weighted by Crippen LogP contribution is -2.42. The van der Waals surface area contributed by atoms with E-state index in [0.717, 1.165) is 5.56 Å². The average molecular weight is 482 g/mol. The zero-order valence-corrected chi connectivity index (χ0v) is 19.8. The molecule has 1 saturated heterocycles. The van der Waals surface area contributed by atoms with Crippen molar-refractivity contribution in [3.63, 3.8) is 0 Å². The molecule has 1 aliphatic rings. The number of carbonyl (C=O) groups is 2. The number of amides is 2. The van der Waals surface area contributed by atoms with Crippen molar-refractivity contribution in [2.24, 2.45) is 5.92 Å². The molecule has 1 aliphatic heterocycles. The molecule has 178 valence electrons. The van der Waals surface area contributed by atoms with Crippen LogP contribution in [0, 0.1) is 5.92 Å². The number of aromatic nitrogens is 2. The fourth-order valence-electron chi connectivity index (χ4n) is 4.07. The van der Waals surface area contributed by atoms with Crippen LogP contribution in [0.25, 0.3) is 0 Å². The third kappa shape index (κ3) is 5.95. The van der Waals surface area contributed by atoms with E-state index in [-0.39, 0.29) is 24.3 Å². The molecule has 0 aliphatic carbocycles. The van der Waals surface area contributed by atoms with Crippen LogP contribution in [-0.2, 0) is 16.1 Å². The van der Waals surface area contributed by atoms with Crippen LogP contribution in [0.2, 0.25) is 5.02 Å². The number of anilines is 2. The summed E-state index contributed by atoms with van der Waals surface area (Å²) in [5, 5.41) is 10.9. The molecule has 0 atom stereocenters. The number of nitrogens with zero attached hydrogens (tertiary/aromatic N) is 3. The number of nitrogens with one attached hydrogen (secondary N) is 2. The van der Waals surface area contributed by atoms with Gasteiger partial charge in [0.15, 0.2) is 0 Å². The Kier molecular flexibility index (Phi) is 7.82. The Hall–Kier alpha value is -3.36. The van der Waals surface area contributed by atoms with E-state index in [1.807, 2.05) is 48.5 Å². The highest BCUT2D eigenvalue weighted by Crippen LogP contribution is 2.26. The van der Waals surface area contributed by atoms with Gasteiger partial charge in [-0.15, -0.1) is 0 Å². The maximum atomic E-state index is 12.7. The van der Waals surface area contributed by atoms with E-state index in [4.69, 9.17) is 16.3 Å². The van der Waals surface area contributed by atoms with Gasteiger partial charge in [0.1, 0.15) is 11.6 Å². The lowest BCUT2D eigenvalue weighted by atomic mass is 9.95. The van der Waals surface area contributed by atoms with E-state index >= 15 is 0 Å². The van der Waals surface area contributed by atoms with Gasteiger partial charge in [0.2, 0.25) is 11.8 Å². The Bertz CT molecular complexity index is 1140. The standard InChI is InChI=1S/C25H28ClN5O3/c1-34-22-9-5-4-8-21(22)28-25(33)18-11-14-30(15-12-18)17-24(32)29-23-10-13-27-31(23)16-19-6-2-3-7-20(19)26/h2-10,13,18H,11-12,14-17H2,1H3,(H,28,33)(H,29,32). The van der Waals surface area contributed by atoms with Crippen molar-refractivity contribution in [1.82, 2.24) is 14.7 Å². The first-order valence-corrected chi connectivity index (χ1v) is 11.6. The number of piperidine rings is 1. The maximum Gasteiger partial charge on any atom is 0.239 e. The molecule has 3 aromatic rings. The van der Waals surface area contributed by atoms with Gasteiger partial charge >= 0.3 is 0 Å². The van der Waals surface area contributed by atoms with Crippen LogP contribution in [-0.4, -0.2) is 53.2 Å². The number of ether oxygens (including phenoxy) is 1. The highest BCUT2D eigenvalue weighted by molar-refractivity contribution is 6.31. The van der Waals surface area contributed by atoms with Gasteiger partial charge in [-0.25, -0.2) is 4.68 Å². The second kappa shape index (κ2) is 11.2. The summed E-state index contributed by atoms with van der Waals surface area (Å²) in [5.41, 5.74) is 1.60. The summed E-state index contributed by atoms with van der Waals surface area (Å²) < 4.78 is 7.02. The molecule has 8 nitrogen and oxygen atoms in total. The summed E-state index contributed by atoms with van der Waals surface area (Å²) in [7, 11) is 1.58. The predicted molar refractivity (Wildman–Crippen MR) is 132 cm³/mol. The fourth-order valence-corrected chi connectivity index (χ4v) is 4.27. The first kappa shape index (κ1) is 23.8. The van der Waals surface area contributed by atoms with Crippen LogP contribution in [0.5, 0.6) is 5.75 Å². The van der Waals surface area contributed by atoms with E-state index in [1.54, 1.807) is 24.1 Å². The van der Waals surface area contributed by atoms with E-state index in [2.05, 4.69) is 20.6 Å². The van der Waals surface area contributed by atoms with Crippen molar-refractivity contribution in [3.05, 3.63) is 71.4 Å². The van der Waals surface area contributed by atoms with Crippen molar-refractivity contribution in [1.29, 1.82) is 0 Å². The molecular weight excluding hydrogens is 454 g/mol. The van der Waals surface area contributed by atoms with E-state index in [9.17, 15) is 9.59 Å². The lowest BCUT2D eigenvalue weighted by molar-refractivity contribution is -0.121. The number of benzene rings is 2. The second-order valence-electron chi connectivity index (χ2n) is 8.25. The van der Waals surface area contributed by atoms with Gasteiger partial charge in [0.05, 0.1) is 32.1 Å². The first-order valence-electron chi connectivity index (χ1n) is 11.2. The monoisotopic (exact) mass is 481 g/mol. The number of hydrogen-bond donors (Lipinski definition) is 2. The summed E-state index contributed by atoms with van der Waals surface area (Å²) in [5.74, 6) is 1.03. The smallest absolute Gasteiger partial charge is 0.239 e. The van der Waals surface area contributed by atoms with Crippen molar-refractivity contribution >= 4 is 34.9 Å². The number of hydrogen-bond acceptors (Lipinski definition) is 5. The largest absolute Gasteiger partial charge is 0.495 e. The minimum Gasteiger partial charge on any atom is -0.495 e. The van der Waals surface area contributed by atoms with Crippen molar-refractivity contribution < 1.29 is 14.3 Å². The van der Waals surface area contributed by atoms with Gasteiger partial charge in [0, 0.05) is 17.0 Å². The van der Waals surface area contributed by atoms with E-state index < -0.39 is 0 Å². The van der Waals surface area contributed by atoms with Gasteiger partial charge in [-0.3, -0.25) is 14.5 Å². The Morgan fingerprint density at radius 1 is 1.06 bits per heavy atom. The maximum absolute atomic E-state index is 12.7. The van der Waals surface area contributed by atoms with Gasteiger partial charge in [-0.05, 0) is 49.7 Å². The number of para-hydroxylation sites is 2. The topological polar surface area (TPSA) is 88.5 Å². The van der Waals surface area contributed by atoms with Gasteiger partial charge in [0.25, 0.3) is 0 Å². The van der Waals surface area contributed by atoms with Crippen LogP contribution in [0.1, 0.15) is 18.4 Å². The number of methoxy groups -OCH3 is 1. The minimum atomic E-state index is -0.113. The number of likely N-dealkylation sites (tertiary alicyclic amines) is 1. The Morgan fingerprint density at radius 3 is 2.56 bits per heavy atom. The minimum absolute atomic E-state index is 0.0166. The van der Waals surface area contributed by atoms with Gasteiger partial charge < -0.3 is 15.4 Å². The molecule has 0 unspecified atom stereocenters. The molecule has 2 aromatic carbocycles.